The van der Waals surface area contributed by atoms with Crippen molar-refractivity contribution < 1.29 is 24.5 Å². The van der Waals surface area contributed by atoms with Gasteiger partial charge in [-0.1, -0.05) is 34.1 Å². The zero-order valence-corrected chi connectivity index (χ0v) is 15.5. The van der Waals surface area contributed by atoms with Crippen LogP contribution in [0.5, 0.6) is 23.0 Å². The summed E-state index contributed by atoms with van der Waals surface area (Å²) >= 11 is 3.43. The van der Waals surface area contributed by atoms with Gasteiger partial charge in [0.05, 0.1) is 5.56 Å². The molecule has 6 heteroatoms. The highest BCUT2D eigenvalue weighted by Gasteiger charge is 2.54. The second-order valence-electron chi connectivity index (χ2n) is 6.51. The van der Waals surface area contributed by atoms with Gasteiger partial charge < -0.3 is 19.7 Å². The molecule has 0 aliphatic carbocycles. The van der Waals surface area contributed by atoms with Gasteiger partial charge in [0.1, 0.15) is 23.0 Å². The summed E-state index contributed by atoms with van der Waals surface area (Å²) in [6.07, 6.45) is 0. The quantitative estimate of drug-likeness (QED) is 0.442. The van der Waals surface area contributed by atoms with E-state index in [2.05, 4.69) is 15.9 Å². The minimum absolute atomic E-state index is 0.0336. The van der Waals surface area contributed by atoms with Crippen molar-refractivity contribution in [3.8, 4) is 23.0 Å². The third kappa shape index (κ3) is 2.07. The summed E-state index contributed by atoms with van der Waals surface area (Å²) in [5.74, 6) is 0.397. The number of benzene rings is 3. The van der Waals surface area contributed by atoms with Gasteiger partial charge in [0, 0.05) is 34.2 Å². The second kappa shape index (κ2) is 5.50. The van der Waals surface area contributed by atoms with Gasteiger partial charge in [-0.15, -0.1) is 0 Å². The number of carbonyl (C=O) groups excluding carboxylic acids is 1. The van der Waals surface area contributed by atoms with Crippen molar-refractivity contribution in [2.45, 2.75) is 10.9 Å². The van der Waals surface area contributed by atoms with Crippen molar-refractivity contribution in [1.82, 2.24) is 0 Å². The highest BCUT2D eigenvalue weighted by atomic mass is 79.9. The van der Waals surface area contributed by atoms with Crippen molar-refractivity contribution >= 4 is 21.9 Å². The number of alkyl halides is 1. The topological polar surface area (TPSA) is 76.0 Å². The SMILES string of the molecule is O=C1OC2(c3ccc(O)cc3Oc3cc(O)ccc32)c2cccc(CBr)c21. The van der Waals surface area contributed by atoms with E-state index in [4.69, 9.17) is 9.47 Å². The van der Waals surface area contributed by atoms with Crippen LogP contribution in [0.3, 0.4) is 0 Å². The summed E-state index contributed by atoms with van der Waals surface area (Å²) in [4.78, 5) is 12.9. The molecule has 1 spiro atoms. The zero-order chi connectivity index (χ0) is 18.8. The smallest absolute Gasteiger partial charge is 0.340 e. The Bertz CT molecular complexity index is 1070. The fourth-order valence-corrected chi connectivity index (χ4v) is 4.39. The standard InChI is InChI=1S/C21H13BrO5/c22-10-11-2-1-3-16-19(11)20(25)27-21(16)14-6-4-12(23)8-17(14)26-18-9-13(24)5-7-15(18)21/h1-9,23-24H,10H2. The number of halogens is 1. The number of fused-ring (bicyclic) bond motifs is 6. The minimum atomic E-state index is -1.20. The van der Waals surface area contributed by atoms with E-state index in [9.17, 15) is 15.0 Å². The molecule has 0 fully saturated rings. The molecule has 27 heavy (non-hydrogen) atoms. The fourth-order valence-electron chi connectivity index (χ4n) is 3.93. The van der Waals surface area contributed by atoms with Gasteiger partial charge in [0.2, 0.25) is 0 Å². The third-order valence-electron chi connectivity index (χ3n) is 5.03. The molecule has 134 valence electrons. The van der Waals surface area contributed by atoms with Crippen LogP contribution in [0.4, 0.5) is 0 Å². The normalized spacial score (nSPS) is 15.5. The predicted molar refractivity (Wildman–Crippen MR) is 101 cm³/mol. The maximum atomic E-state index is 12.9. The molecule has 2 aliphatic heterocycles. The molecular formula is C21H13BrO5. The van der Waals surface area contributed by atoms with Crippen LogP contribution >= 0.6 is 15.9 Å². The third-order valence-corrected chi connectivity index (χ3v) is 5.64. The molecule has 0 unspecified atom stereocenters. The Morgan fingerprint density at radius 1 is 0.889 bits per heavy atom. The van der Waals surface area contributed by atoms with E-state index in [1.54, 1.807) is 12.1 Å². The summed E-state index contributed by atoms with van der Waals surface area (Å²) in [6.45, 7) is 0. The maximum absolute atomic E-state index is 12.9. The van der Waals surface area contributed by atoms with Gasteiger partial charge in [0.25, 0.3) is 0 Å². The van der Waals surface area contributed by atoms with Gasteiger partial charge in [-0.25, -0.2) is 4.79 Å². The molecule has 5 rings (SSSR count). The van der Waals surface area contributed by atoms with E-state index >= 15 is 0 Å². The van der Waals surface area contributed by atoms with Crippen molar-refractivity contribution in [2.24, 2.45) is 0 Å². The molecule has 3 aromatic rings. The Morgan fingerprint density at radius 3 is 2.11 bits per heavy atom. The average Bonchev–Trinajstić information content (AvgIpc) is 2.95. The van der Waals surface area contributed by atoms with E-state index in [1.807, 2.05) is 18.2 Å². The lowest BCUT2D eigenvalue weighted by Gasteiger charge is -2.36. The Morgan fingerprint density at radius 2 is 1.52 bits per heavy atom. The van der Waals surface area contributed by atoms with E-state index in [1.165, 1.54) is 24.3 Å². The lowest BCUT2D eigenvalue weighted by atomic mass is 9.77. The summed E-state index contributed by atoms with van der Waals surface area (Å²) in [7, 11) is 0. The highest BCUT2D eigenvalue weighted by Crippen LogP contribution is 2.57. The number of phenols is 2. The molecule has 0 bridgehead atoms. The molecule has 0 atom stereocenters. The number of esters is 1. The highest BCUT2D eigenvalue weighted by molar-refractivity contribution is 9.08. The molecule has 5 nitrogen and oxygen atoms in total. The molecule has 0 saturated carbocycles. The van der Waals surface area contributed by atoms with Crippen LogP contribution in [0.2, 0.25) is 0 Å². The fraction of sp³-hybridized carbons (Fsp3) is 0.0952. The molecule has 2 heterocycles. The molecule has 0 aromatic heterocycles. The van der Waals surface area contributed by atoms with Gasteiger partial charge in [-0.2, -0.15) is 0 Å². The summed E-state index contributed by atoms with van der Waals surface area (Å²) < 4.78 is 11.9. The number of hydrogen-bond acceptors (Lipinski definition) is 5. The summed E-state index contributed by atoms with van der Waals surface area (Å²) in [6, 6.07) is 15.1. The van der Waals surface area contributed by atoms with Crippen molar-refractivity contribution in [2.75, 3.05) is 0 Å². The first-order valence-electron chi connectivity index (χ1n) is 8.31. The number of carbonyl (C=O) groups is 1. The number of rotatable bonds is 1. The number of hydrogen-bond donors (Lipinski definition) is 2. The van der Waals surface area contributed by atoms with Crippen LogP contribution < -0.4 is 4.74 Å². The van der Waals surface area contributed by atoms with Crippen LogP contribution in [0.25, 0.3) is 0 Å². The first-order valence-corrected chi connectivity index (χ1v) is 9.43. The van der Waals surface area contributed by atoms with Gasteiger partial charge >= 0.3 is 5.97 Å². The predicted octanol–water partition coefficient (Wildman–Crippen LogP) is 4.56. The van der Waals surface area contributed by atoms with Gasteiger partial charge in [-0.3, -0.25) is 0 Å². The van der Waals surface area contributed by atoms with Crippen molar-refractivity contribution in [1.29, 1.82) is 0 Å². The number of ether oxygens (including phenoxy) is 2. The molecule has 0 amide bonds. The first kappa shape index (κ1) is 16.2. The molecule has 0 radical (unpaired) electrons. The second-order valence-corrected chi connectivity index (χ2v) is 7.07. The van der Waals surface area contributed by atoms with Crippen molar-refractivity contribution in [3.63, 3.8) is 0 Å². The van der Waals surface area contributed by atoms with Gasteiger partial charge in [0.15, 0.2) is 5.60 Å². The first-order chi connectivity index (χ1) is 13.0. The Kier molecular flexibility index (Phi) is 3.30. The van der Waals surface area contributed by atoms with E-state index in [-0.39, 0.29) is 11.5 Å². The monoisotopic (exact) mass is 424 g/mol. The molecule has 2 N–H and O–H groups in total. The van der Waals surface area contributed by atoms with Crippen LogP contribution in [-0.4, -0.2) is 16.2 Å². The van der Waals surface area contributed by atoms with E-state index in [0.717, 1.165) is 5.56 Å². The Balaban J connectivity index is 1.91. The van der Waals surface area contributed by atoms with Crippen LogP contribution in [-0.2, 0) is 15.7 Å². The largest absolute Gasteiger partial charge is 0.508 e. The lowest BCUT2D eigenvalue weighted by Crippen LogP contribution is -2.32. The van der Waals surface area contributed by atoms with Crippen LogP contribution in [0.15, 0.2) is 54.6 Å². The molecule has 3 aromatic carbocycles. The van der Waals surface area contributed by atoms with E-state index < -0.39 is 11.6 Å². The Labute approximate surface area is 162 Å². The maximum Gasteiger partial charge on any atom is 0.340 e. The Hall–Kier alpha value is -2.99. The number of phenolic OH excluding ortho intramolecular Hbond substituents is 2. The number of aromatic hydroxyl groups is 2. The molecule has 2 aliphatic rings. The van der Waals surface area contributed by atoms with Crippen LogP contribution in [0, 0.1) is 0 Å². The summed E-state index contributed by atoms with van der Waals surface area (Å²) in [5, 5.41) is 20.3. The van der Waals surface area contributed by atoms with Gasteiger partial charge in [-0.05, 0) is 29.8 Å². The van der Waals surface area contributed by atoms with Crippen molar-refractivity contribution in [3.05, 3.63) is 82.4 Å². The van der Waals surface area contributed by atoms with E-state index in [0.29, 0.717) is 39.1 Å². The summed E-state index contributed by atoms with van der Waals surface area (Å²) in [5.41, 5.74) is 2.12. The van der Waals surface area contributed by atoms with Crippen LogP contribution in [0.1, 0.15) is 32.6 Å². The lowest BCUT2D eigenvalue weighted by molar-refractivity contribution is 0.0224. The molecule has 0 saturated heterocycles. The average molecular weight is 425 g/mol. The minimum Gasteiger partial charge on any atom is -0.508 e. The molecular weight excluding hydrogens is 412 g/mol. The zero-order valence-electron chi connectivity index (χ0n) is 13.9.